The predicted octanol–water partition coefficient (Wildman–Crippen LogP) is 4.72. The minimum atomic E-state index is -2.76. The van der Waals surface area contributed by atoms with Crippen molar-refractivity contribution in [1.82, 2.24) is 0 Å². The second kappa shape index (κ2) is 10.5. The highest BCUT2D eigenvalue weighted by Gasteiger charge is 2.34. The molecule has 0 heterocycles. The summed E-state index contributed by atoms with van der Waals surface area (Å²) in [6, 6.07) is 29.3. The van der Waals surface area contributed by atoms with E-state index in [1.54, 1.807) is 20.8 Å². The smallest absolute Gasteiger partial charge is 0.306 e. The molecule has 0 aliphatic carbocycles. The number of ketones is 1. The van der Waals surface area contributed by atoms with Gasteiger partial charge in [0.2, 0.25) is 5.42 Å². The molecule has 0 fully saturated rings. The number of rotatable bonds is 7. The van der Waals surface area contributed by atoms with Gasteiger partial charge in [-0.3, -0.25) is 4.79 Å². The van der Waals surface area contributed by atoms with Crippen molar-refractivity contribution in [3.63, 3.8) is 0 Å². The van der Waals surface area contributed by atoms with E-state index in [-0.39, 0.29) is 24.0 Å². The summed E-state index contributed by atoms with van der Waals surface area (Å²) >= 11 is 0. The SMILES string of the molecule is [C-]#[N+]C(C(=O)CCC(=O)OC(C)(C)C)=P(c1ccccc1)(c1ccccc1)c1ccccc1. The number of ether oxygens (including phenoxy) is 1. The topological polar surface area (TPSA) is 47.7 Å². The summed E-state index contributed by atoms with van der Waals surface area (Å²) in [4.78, 5) is 29.7. The second-order valence-corrected chi connectivity index (χ2v) is 11.9. The van der Waals surface area contributed by atoms with Crippen molar-refractivity contribution in [3.05, 3.63) is 102 Å². The van der Waals surface area contributed by atoms with Gasteiger partial charge in [-0.2, -0.15) is 0 Å². The van der Waals surface area contributed by atoms with Crippen molar-refractivity contribution in [2.45, 2.75) is 39.2 Å². The molecule has 3 aromatic rings. The van der Waals surface area contributed by atoms with Gasteiger partial charge in [-0.15, -0.1) is 0 Å². The third-order valence-corrected chi connectivity index (χ3v) is 9.28. The van der Waals surface area contributed by atoms with E-state index in [1.807, 2.05) is 91.0 Å². The lowest BCUT2D eigenvalue weighted by Crippen LogP contribution is -2.32. The van der Waals surface area contributed by atoms with Crippen LogP contribution in [0.1, 0.15) is 33.6 Å². The van der Waals surface area contributed by atoms with E-state index in [9.17, 15) is 9.59 Å². The van der Waals surface area contributed by atoms with Crippen LogP contribution in [0.3, 0.4) is 0 Å². The third kappa shape index (κ3) is 5.51. The maximum absolute atomic E-state index is 13.6. The zero-order valence-corrected chi connectivity index (χ0v) is 20.1. The first-order valence-electron chi connectivity index (χ1n) is 10.8. The molecule has 0 saturated heterocycles. The van der Waals surface area contributed by atoms with E-state index in [0.717, 1.165) is 15.9 Å². The van der Waals surface area contributed by atoms with Crippen molar-refractivity contribution in [3.8, 4) is 0 Å². The first-order valence-corrected chi connectivity index (χ1v) is 12.6. The number of hydrogen-bond donors (Lipinski definition) is 0. The van der Waals surface area contributed by atoms with Crippen LogP contribution in [0.2, 0.25) is 0 Å². The molecule has 0 atom stereocenters. The summed E-state index contributed by atoms with van der Waals surface area (Å²) in [6.45, 7) is 10.7. The molecular weight excluding hydrogens is 429 g/mol. The van der Waals surface area contributed by atoms with Gasteiger partial charge in [0.05, 0.1) is 13.0 Å². The lowest BCUT2D eigenvalue weighted by atomic mass is 10.2. The Morgan fingerprint density at radius 2 is 1.15 bits per heavy atom. The van der Waals surface area contributed by atoms with Crippen molar-refractivity contribution in [2.24, 2.45) is 0 Å². The number of carbonyl (C=O) groups excluding carboxylic acids is 2. The van der Waals surface area contributed by atoms with Crippen LogP contribution < -0.4 is 15.9 Å². The number of Topliss-reactive ketones (excluding diaryl/α,β-unsaturated/α-hetero) is 1. The second-order valence-electron chi connectivity index (χ2n) is 8.62. The van der Waals surface area contributed by atoms with Crippen molar-refractivity contribution < 1.29 is 14.3 Å². The number of benzene rings is 3. The fourth-order valence-corrected chi connectivity index (χ4v) is 7.94. The van der Waals surface area contributed by atoms with Gasteiger partial charge >= 0.3 is 5.97 Å². The van der Waals surface area contributed by atoms with E-state index in [0.29, 0.717) is 0 Å². The van der Waals surface area contributed by atoms with Gasteiger partial charge in [0.1, 0.15) is 5.60 Å². The molecule has 4 nitrogen and oxygen atoms in total. The molecule has 5 heteroatoms. The highest BCUT2D eigenvalue weighted by molar-refractivity contribution is 7.96. The molecule has 33 heavy (non-hydrogen) atoms. The standard InChI is InChI=1S/C28H28NO3P/c1-28(2,3)32-26(31)21-20-25(30)27(29-4)33(22-14-8-5-9-15-22,23-16-10-6-11-17-23)24-18-12-7-13-19-24/h5-19H,20-21H2,1-3H3. The average molecular weight is 458 g/mol. The monoisotopic (exact) mass is 457 g/mol. The molecule has 0 aliphatic rings. The van der Waals surface area contributed by atoms with Crippen LogP contribution in [-0.2, 0) is 14.3 Å². The summed E-state index contributed by atoms with van der Waals surface area (Å²) in [7, 11) is 0. The van der Waals surface area contributed by atoms with Gasteiger partial charge in [0.25, 0.3) is 0 Å². The lowest BCUT2D eigenvalue weighted by Gasteiger charge is -2.30. The molecule has 0 radical (unpaired) electrons. The van der Waals surface area contributed by atoms with Gasteiger partial charge in [0, 0.05) is 6.42 Å². The van der Waals surface area contributed by atoms with Crippen LogP contribution in [0.4, 0.5) is 0 Å². The molecule has 0 amide bonds. The average Bonchev–Trinajstić information content (AvgIpc) is 2.81. The minimum absolute atomic E-state index is 0.0620. The molecule has 0 aliphatic heterocycles. The molecule has 0 N–H and O–H groups in total. The van der Waals surface area contributed by atoms with E-state index >= 15 is 0 Å². The fraction of sp³-hybridized carbons (Fsp3) is 0.214. The van der Waals surface area contributed by atoms with Crippen LogP contribution in [0, 0.1) is 6.57 Å². The van der Waals surface area contributed by atoms with E-state index in [2.05, 4.69) is 4.85 Å². The molecule has 0 bridgehead atoms. The van der Waals surface area contributed by atoms with Gasteiger partial charge in [-0.05, 0) is 43.6 Å². The van der Waals surface area contributed by atoms with Crippen molar-refractivity contribution >= 4 is 40.0 Å². The summed E-state index contributed by atoms with van der Waals surface area (Å²) in [5.41, 5.74) is -0.448. The Balaban J connectivity index is 2.26. The van der Waals surface area contributed by atoms with Gasteiger partial charge in [-0.25, -0.2) is 4.85 Å². The molecule has 0 saturated carbocycles. The Bertz CT molecular complexity index is 1100. The highest BCUT2D eigenvalue weighted by atomic mass is 31.2. The van der Waals surface area contributed by atoms with E-state index in [4.69, 9.17) is 11.3 Å². The molecular formula is C28H28NO3P. The molecule has 168 valence electrons. The zero-order chi connectivity index (χ0) is 23.9. The normalized spacial score (nSPS) is 11.3. The number of carbonyl (C=O) groups is 2. The largest absolute Gasteiger partial charge is 0.460 e. The number of esters is 1. The zero-order valence-electron chi connectivity index (χ0n) is 19.2. The minimum Gasteiger partial charge on any atom is -0.460 e. The Morgan fingerprint density at radius 3 is 1.48 bits per heavy atom. The highest BCUT2D eigenvalue weighted by Crippen LogP contribution is 2.46. The van der Waals surface area contributed by atoms with Crippen LogP contribution in [0.5, 0.6) is 0 Å². The van der Waals surface area contributed by atoms with Crippen LogP contribution in [-0.4, -0.2) is 22.8 Å². The van der Waals surface area contributed by atoms with Crippen LogP contribution in [0.25, 0.3) is 4.85 Å². The molecule has 0 aromatic heterocycles. The van der Waals surface area contributed by atoms with Crippen LogP contribution in [0.15, 0.2) is 91.0 Å². The fourth-order valence-electron chi connectivity index (χ4n) is 3.81. The Kier molecular flexibility index (Phi) is 7.69. The molecule has 3 rings (SSSR count). The van der Waals surface area contributed by atoms with E-state index in [1.165, 1.54) is 0 Å². The van der Waals surface area contributed by atoms with E-state index < -0.39 is 18.5 Å². The lowest BCUT2D eigenvalue weighted by molar-refractivity contribution is -0.155. The summed E-state index contributed by atoms with van der Waals surface area (Å²) in [6.07, 6.45) is -0.131. The Morgan fingerprint density at radius 1 is 0.758 bits per heavy atom. The Labute approximate surface area is 196 Å². The van der Waals surface area contributed by atoms with Gasteiger partial charge < -0.3 is 9.53 Å². The van der Waals surface area contributed by atoms with Crippen LogP contribution >= 0.6 is 6.89 Å². The molecule has 0 unspecified atom stereocenters. The maximum Gasteiger partial charge on any atom is 0.306 e. The first kappa shape index (κ1) is 24.2. The number of hydrogen-bond acceptors (Lipinski definition) is 3. The first-order chi connectivity index (χ1) is 15.8. The number of nitrogens with zero attached hydrogens (tertiary/aromatic N) is 1. The van der Waals surface area contributed by atoms with Gasteiger partial charge in [-0.1, -0.05) is 91.0 Å². The predicted molar refractivity (Wildman–Crippen MR) is 137 cm³/mol. The molecule has 0 spiro atoms. The Hall–Kier alpha value is -3.41. The summed E-state index contributed by atoms with van der Waals surface area (Å²) in [5.74, 6) is -0.760. The van der Waals surface area contributed by atoms with Crippen molar-refractivity contribution in [2.75, 3.05) is 0 Å². The third-order valence-electron chi connectivity index (χ3n) is 5.08. The summed E-state index contributed by atoms with van der Waals surface area (Å²) in [5, 5.41) is 2.79. The van der Waals surface area contributed by atoms with Crippen molar-refractivity contribution in [1.29, 1.82) is 0 Å². The molecule has 3 aromatic carbocycles. The maximum atomic E-state index is 13.6. The van der Waals surface area contributed by atoms with Gasteiger partial charge in [0.15, 0.2) is 5.78 Å². The quantitative estimate of drug-likeness (QED) is 0.293. The summed E-state index contributed by atoms with van der Waals surface area (Å²) < 4.78 is 5.37.